The van der Waals surface area contributed by atoms with Gasteiger partial charge in [0.15, 0.2) is 0 Å². The number of rotatable bonds is 4. The smallest absolute Gasteiger partial charge is 0.388 e. The molecule has 2 aromatic carbocycles. The third-order valence-corrected chi connectivity index (χ3v) is 4.46. The lowest BCUT2D eigenvalue weighted by Crippen LogP contribution is -2.06. The standard InChI is InChI=1S/C15H12BrF3OS/c16-12-5-7-13(8-6-12)21-9-14(20)10-1-3-11(4-2-10)15(17,18)19/h1-8,14,20H,9H2. The molecule has 0 aliphatic carbocycles. The van der Waals surface area contributed by atoms with Gasteiger partial charge in [0.2, 0.25) is 0 Å². The zero-order valence-electron chi connectivity index (χ0n) is 10.8. The second kappa shape index (κ2) is 6.85. The van der Waals surface area contributed by atoms with Crippen LogP contribution in [0.4, 0.5) is 13.2 Å². The Morgan fingerprint density at radius 3 is 2.10 bits per heavy atom. The van der Waals surface area contributed by atoms with Gasteiger partial charge in [-0.1, -0.05) is 28.1 Å². The molecule has 1 N–H and O–H groups in total. The predicted octanol–water partition coefficient (Wildman–Crippen LogP) is 5.29. The summed E-state index contributed by atoms with van der Waals surface area (Å²) in [4.78, 5) is 0.990. The average molecular weight is 377 g/mol. The molecule has 112 valence electrons. The van der Waals surface area contributed by atoms with Crippen molar-refractivity contribution < 1.29 is 18.3 Å². The first-order valence-electron chi connectivity index (χ1n) is 6.10. The normalized spacial score (nSPS) is 13.2. The van der Waals surface area contributed by atoms with Crippen molar-refractivity contribution in [3.8, 4) is 0 Å². The molecule has 1 nitrogen and oxygen atoms in total. The first-order chi connectivity index (χ1) is 9.86. The van der Waals surface area contributed by atoms with Crippen LogP contribution in [-0.2, 0) is 6.18 Å². The Labute approximate surface area is 133 Å². The van der Waals surface area contributed by atoms with Gasteiger partial charge in [0.1, 0.15) is 0 Å². The first-order valence-corrected chi connectivity index (χ1v) is 7.88. The fourth-order valence-electron chi connectivity index (χ4n) is 1.70. The molecule has 1 atom stereocenters. The molecular formula is C15H12BrF3OS. The van der Waals surface area contributed by atoms with E-state index in [2.05, 4.69) is 15.9 Å². The van der Waals surface area contributed by atoms with Crippen LogP contribution in [0.2, 0.25) is 0 Å². The monoisotopic (exact) mass is 376 g/mol. The number of benzene rings is 2. The highest BCUT2D eigenvalue weighted by atomic mass is 79.9. The number of thioether (sulfide) groups is 1. The largest absolute Gasteiger partial charge is 0.416 e. The Hall–Kier alpha value is -0.980. The fraction of sp³-hybridized carbons (Fsp3) is 0.200. The molecule has 0 bridgehead atoms. The molecule has 1 unspecified atom stereocenters. The van der Waals surface area contributed by atoms with E-state index in [1.165, 1.54) is 23.9 Å². The number of aliphatic hydroxyl groups is 1. The molecule has 6 heteroatoms. The summed E-state index contributed by atoms with van der Waals surface area (Å²) in [6, 6.07) is 12.2. The van der Waals surface area contributed by atoms with E-state index < -0.39 is 17.8 Å². The summed E-state index contributed by atoms with van der Waals surface area (Å²) in [5, 5.41) is 10.0. The molecule has 0 amide bonds. The van der Waals surface area contributed by atoms with Crippen LogP contribution in [0.1, 0.15) is 17.2 Å². The lowest BCUT2D eigenvalue weighted by Gasteiger charge is -2.12. The van der Waals surface area contributed by atoms with E-state index in [9.17, 15) is 18.3 Å². The average Bonchev–Trinajstić information content (AvgIpc) is 2.45. The van der Waals surface area contributed by atoms with E-state index >= 15 is 0 Å². The minimum absolute atomic E-state index is 0.382. The summed E-state index contributed by atoms with van der Waals surface area (Å²) >= 11 is 4.78. The fourth-order valence-corrected chi connectivity index (χ4v) is 2.83. The Balaban J connectivity index is 1.97. The third-order valence-electron chi connectivity index (χ3n) is 2.84. The third kappa shape index (κ3) is 4.76. The summed E-state index contributed by atoms with van der Waals surface area (Å²) < 4.78 is 38.3. The zero-order valence-corrected chi connectivity index (χ0v) is 13.2. The first kappa shape index (κ1) is 16.4. The van der Waals surface area contributed by atoms with Gasteiger partial charge >= 0.3 is 6.18 Å². The number of halogens is 4. The zero-order chi connectivity index (χ0) is 15.5. The van der Waals surface area contributed by atoms with E-state index in [1.54, 1.807) is 0 Å². The molecule has 0 radical (unpaired) electrons. The topological polar surface area (TPSA) is 20.2 Å². The van der Waals surface area contributed by atoms with Crippen molar-refractivity contribution in [3.63, 3.8) is 0 Å². The van der Waals surface area contributed by atoms with E-state index in [1.807, 2.05) is 24.3 Å². The van der Waals surface area contributed by atoms with Crippen molar-refractivity contribution in [1.29, 1.82) is 0 Å². The minimum atomic E-state index is -4.35. The van der Waals surface area contributed by atoms with Gasteiger partial charge in [0.25, 0.3) is 0 Å². The van der Waals surface area contributed by atoms with Crippen molar-refractivity contribution in [2.45, 2.75) is 17.2 Å². The molecule has 0 saturated carbocycles. The maximum absolute atomic E-state index is 12.5. The highest BCUT2D eigenvalue weighted by Crippen LogP contribution is 2.31. The summed E-state index contributed by atoms with van der Waals surface area (Å²) in [5.74, 6) is 0.382. The lowest BCUT2D eigenvalue weighted by atomic mass is 10.1. The van der Waals surface area contributed by atoms with Crippen LogP contribution < -0.4 is 0 Å². The van der Waals surface area contributed by atoms with E-state index in [0.29, 0.717) is 11.3 Å². The Kier molecular flexibility index (Phi) is 5.35. The molecule has 0 heterocycles. The molecule has 0 saturated heterocycles. The highest BCUT2D eigenvalue weighted by Gasteiger charge is 2.30. The van der Waals surface area contributed by atoms with E-state index in [0.717, 1.165) is 21.5 Å². The van der Waals surface area contributed by atoms with Crippen LogP contribution in [0, 0.1) is 0 Å². The van der Waals surface area contributed by atoms with Gasteiger partial charge in [-0.25, -0.2) is 0 Å². The van der Waals surface area contributed by atoms with Gasteiger partial charge in [0.05, 0.1) is 11.7 Å². The van der Waals surface area contributed by atoms with Crippen LogP contribution >= 0.6 is 27.7 Å². The predicted molar refractivity (Wildman–Crippen MR) is 81.3 cm³/mol. The summed E-state index contributed by atoms with van der Waals surface area (Å²) in [6.45, 7) is 0. The SMILES string of the molecule is OC(CSc1ccc(Br)cc1)c1ccc(C(F)(F)F)cc1. The van der Waals surface area contributed by atoms with Gasteiger partial charge in [0, 0.05) is 15.1 Å². The van der Waals surface area contributed by atoms with Crippen LogP contribution in [0.25, 0.3) is 0 Å². The molecule has 0 spiro atoms. The Bertz CT molecular complexity index is 581. The number of aliphatic hydroxyl groups excluding tert-OH is 1. The molecule has 0 aromatic heterocycles. The second-order valence-electron chi connectivity index (χ2n) is 4.40. The second-order valence-corrected chi connectivity index (χ2v) is 6.41. The van der Waals surface area contributed by atoms with Gasteiger partial charge in [-0.15, -0.1) is 11.8 Å². The number of hydrogen-bond donors (Lipinski definition) is 1. The maximum atomic E-state index is 12.5. The Morgan fingerprint density at radius 2 is 1.57 bits per heavy atom. The van der Waals surface area contributed by atoms with E-state index in [4.69, 9.17) is 0 Å². The van der Waals surface area contributed by atoms with Crippen LogP contribution in [0.15, 0.2) is 57.9 Å². The van der Waals surface area contributed by atoms with Crippen molar-refractivity contribution in [1.82, 2.24) is 0 Å². The minimum Gasteiger partial charge on any atom is -0.388 e. The van der Waals surface area contributed by atoms with Crippen LogP contribution in [0.5, 0.6) is 0 Å². The van der Waals surface area contributed by atoms with E-state index in [-0.39, 0.29) is 0 Å². The van der Waals surface area contributed by atoms with Crippen molar-refractivity contribution in [2.24, 2.45) is 0 Å². The van der Waals surface area contributed by atoms with Crippen LogP contribution in [-0.4, -0.2) is 10.9 Å². The van der Waals surface area contributed by atoms with Crippen molar-refractivity contribution in [2.75, 3.05) is 5.75 Å². The highest BCUT2D eigenvalue weighted by molar-refractivity contribution is 9.10. The molecule has 0 aliphatic rings. The molecule has 0 fully saturated rings. The molecular weight excluding hydrogens is 365 g/mol. The summed E-state index contributed by atoms with van der Waals surface area (Å²) in [6.07, 6.45) is -5.16. The molecule has 21 heavy (non-hydrogen) atoms. The van der Waals surface area contributed by atoms with Crippen molar-refractivity contribution >= 4 is 27.7 Å². The van der Waals surface area contributed by atoms with Gasteiger partial charge in [-0.3, -0.25) is 0 Å². The lowest BCUT2D eigenvalue weighted by molar-refractivity contribution is -0.137. The van der Waals surface area contributed by atoms with Crippen molar-refractivity contribution in [3.05, 3.63) is 64.1 Å². The summed E-state index contributed by atoms with van der Waals surface area (Å²) in [7, 11) is 0. The quantitative estimate of drug-likeness (QED) is 0.731. The molecule has 0 aliphatic heterocycles. The van der Waals surface area contributed by atoms with Crippen LogP contribution in [0.3, 0.4) is 0 Å². The maximum Gasteiger partial charge on any atom is 0.416 e. The number of hydrogen-bond acceptors (Lipinski definition) is 2. The van der Waals surface area contributed by atoms with Gasteiger partial charge < -0.3 is 5.11 Å². The molecule has 2 aromatic rings. The molecule has 2 rings (SSSR count). The Morgan fingerprint density at radius 1 is 1.00 bits per heavy atom. The summed E-state index contributed by atoms with van der Waals surface area (Å²) in [5.41, 5.74) is -0.230. The van der Waals surface area contributed by atoms with Gasteiger partial charge in [-0.2, -0.15) is 13.2 Å². The van der Waals surface area contributed by atoms with Gasteiger partial charge in [-0.05, 0) is 42.0 Å². The number of alkyl halides is 3.